The molecule has 1 aromatic carbocycles. The van der Waals surface area contributed by atoms with Crippen LogP contribution in [0.5, 0.6) is 0 Å². The van der Waals surface area contributed by atoms with Crippen LogP contribution in [0.15, 0.2) is 59.3 Å². The molecule has 1 N–H and O–H groups in total. The summed E-state index contributed by atoms with van der Waals surface area (Å²) in [7, 11) is -0.981. The highest BCUT2D eigenvalue weighted by atomic mass is 79.9. The van der Waals surface area contributed by atoms with Gasteiger partial charge < -0.3 is 9.42 Å². The summed E-state index contributed by atoms with van der Waals surface area (Å²) in [6.45, 7) is 0.266. The van der Waals surface area contributed by atoms with Crippen LogP contribution in [0.1, 0.15) is 11.1 Å². The monoisotopic (exact) mass is 396 g/mol. The Balaban J connectivity index is 2.36. The Labute approximate surface area is 144 Å². The van der Waals surface area contributed by atoms with Gasteiger partial charge in [0.15, 0.2) is 0 Å². The number of aromatic nitrogens is 1. The van der Waals surface area contributed by atoms with Crippen LogP contribution < -0.4 is 0 Å². The molecule has 5 nitrogen and oxygen atoms in total. The number of pyridine rings is 1. The van der Waals surface area contributed by atoms with Gasteiger partial charge in [0.2, 0.25) is 0 Å². The zero-order valence-corrected chi connectivity index (χ0v) is 15.4. The van der Waals surface area contributed by atoms with E-state index in [0.29, 0.717) is 0 Å². The molecule has 0 radical (unpaired) electrons. The molecule has 0 amide bonds. The first kappa shape index (κ1) is 18.0. The number of benzene rings is 1. The number of rotatable bonds is 6. The number of nitrogens with zero attached hydrogens (tertiary/aromatic N) is 2. The summed E-state index contributed by atoms with van der Waals surface area (Å²) in [5.41, 5.74) is 2.88. The van der Waals surface area contributed by atoms with Crippen molar-refractivity contribution in [3.63, 3.8) is 0 Å². The molecule has 1 heterocycles. The zero-order chi connectivity index (χ0) is 16.9. The molecule has 0 saturated heterocycles. The third kappa shape index (κ3) is 4.83. The second-order valence-electron chi connectivity index (χ2n) is 4.88. The van der Waals surface area contributed by atoms with Crippen LogP contribution in [0.2, 0.25) is 0 Å². The van der Waals surface area contributed by atoms with Gasteiger partial charge in [-0.2, -0.15) is 0 Å². The van der Waals surface area contributed by atoms with E-state index in [9.17, 15) is 9.46 Å². The maximum atomic E-state index is 11.8. The Kier molecular flexibility index (Phi) is 6.27. The van der Waals surface area contributed by atoms with Crippen molar-refractivity contribution in [3.8, 4) is 0 Å². The first-order valence-electron chi connectivity index (χ1n) is 6.90. The summed E-state index contributed by atoms with van der Waals surface area (Å²) >= 11 is 3.42. The SMILES string of the molecule is COP(=O)(O)N(C)CC=C(c1ccc(Br)cc1)c1cccnc1. The Bertz CT molecular complexity index is 720. The minimum Gasteiger partial charge on any atom is -0.312 e. The van der Waals surface area contributed by atoms with Crippen molar-refractivity contribution in [1.29, 1.82) is 0 Å². The van der Waals surface area contributed by atoms with Crippen molar-refractivity contribution in [1.82, 2.24) is 9.65 Å². The number of halogens is 1. The fourth-order valence-corrected chi connectivity index (χ4v) is 2.85. The molecule has 1 atom stereocenters. The van der Waals surface area contributed by atoms with E-state index in [2.05, 4.69) is 25.4 Å². The molecule has 0 spiro atoms. The Morgan fingerprint density at radius 1 is 1.35 bits per heavy atom. The van der Waals surface area contributed by atoms with Crippen molar-refractivity contribution in [3.05, 3.63) is 70.5 Å². The van der Waals surface area contributed by atoms with Gasteiger partial charge in [-0.3, -0.25) is 4.98 Å². The average molecular weight is 397 g/mol. The topological polar surface area (TPSA) is 62.7 Å². The van der Waals surface area contributed by atoms with Crippen molar-refractivity contribution in [2.45, 2.75) is 0 Å². The lowest BCUT2D eigenvalue weighted by molar-refractivity contribution is 0.259. The Hall–Kier alpha value is -1.30. The second-order valence-corrected chi connectivity index (χ2v) is 7.82. The molecule has 0 fully saturated rings. The van der Waals surface area contributed by atoms with Gasteiger partial charge in [-0.25, -0.2) is 9.24 Å². The van der Waals surface area contributed by atoms with E-state index in [4.69, 9.17) is 0 Å². The third-order valence-corrected chi connectivity index (χ3v) is 5.39. The molecule has 0 aliphatic carbocycles. The third-order valence-electron chi connectivity index (χ3n) is 3.36. The lowest BCUT2D eigenvalue weighted by atomic mass is 9.99. The lowest BCUT2D eigenvalue weighted by Gasteiger charge is -2.20. The first-order chi connectivity index (χ1) is 10.9. The van der Waals surface area contributed by atoms with E-state index in [1.165, 1.54) is 11.8 Å². The maximum Gasteiger partial charge on any atom is 0.405 e. The van der Waals surface area contributed by atoms with E-state index in [1.807, 2.05) is 42.5 Å². The molecule has 0 aliphatic rings. The molecular weight excluding hydrogens is 379 g/mol. The fourth-order valence-electron chi connectivity index (χ4n) is 2.02. The summed E-state index contributed by atoms with van der Waals surface area (Å²) in [4.78, 5) is 13.8. The minimum atomic E-state index is -3.75. The second kappa shape index (κ2) is 7.99. The predicted molar refractivity (Wildman–Crippen MR) is 94.9 cm³/mol. The van der Waals surface area contributed by atoms with Gasteiger partial charge in [0, 0.05) is 36.1 Å². The summed E-state index contributed by atoms with van der Waals surface area (Å²) < 4.78 is 18.7. The van der Waals surface area contributed by atoms with E-state index in [0.717, 1.165) is 21.2 Å². The van der Waals surface area contributed by atoms with Gasteiger partial charge in [-0.1, -0.05) is 40.2 Å². The van der Waals surface area contributed by atoms with Gasteiger partial charge in [0.05, 0.1) is 0 Å². The predicted octanol–water partition coefficient (Wildman–Crippen LogP) is 3.95. The molecule has 23 heavy (non-hydrogen) atoms. The normalized spacial score (nSPS) is 14.7. The summed E-state index contributed by atoms with van der Waals surface area (Å²) in [5, 5.41) is 0. The van der Waals surface area contributed by atoms with Crippen molar-refractivity contribution < 1.29 is 14.0 Å². The van der Waals surface area contributed by atoms with Crippen LogP contribution in [-0.2, 0) is 9.09 Å². The first-order valence-corrected chi connectivity index (χ1v) is 9.23. The highest BCUT2D eigenvalue weighted by Crippen LogP contribution is 2.43. The highest BCUT2D eigenvalue weighted by molar-refractivity contribution is 9.10. The molecule has 0 aliphatic heterocycles. The van der Waals surface area contributed by atoms with E-state index < -0.39 is 7.75 Å². The average Bonchev–Trinajstić information content (AvgIpc) is 2.57. The molecular formula is C16H18BrN2O3P. The number of hydrogen-bond acceptors (Lipinski definition) is 3. The fraction of sp³-hybridized carbons (Fsp3) is 0.188. The van der Waals surface area contributed by atoms with Gasteiger partial charge in [0.1, 0.15) is 0 Å². The van der Waals surface area contributed by atoms with Gasteiger partial charge in [-0.05, 0) is 36.4 Å². The quantitative estimate of drug-likeness (QED) is 0.748. The zero-order valence-electron chi connectivity index (χ0n) is 12.9. The van der Waals surface area contributed by atoms with Gasteiger partial charge in [-0.15, -0.1) is 0 Å². The summed E-state index contributed by atoms with van der Waals surface area (Å²) in [5.74, 6) is 0. The molecule has 7 heteroatoms. The van der Waals surface area contributed by atoms with E-state index in [-0.39, 0.29) is 6.54 Å². The van der Waals surface area contributed by atoms with E-state index in [1.54, 1.807) is 19.4 Å². The highest BCUT2D eigenvalue weighted by Gasteiger charge is 2.23. The number of hydrogen-bond donors (Lipinski definition) is 1. The molecule has 122 valence electrons. The van der Waals surface area contributed by atoms with Crippen LogP contribution in [0.3, 0.4) is 0 Å². The van der Waals surface area contributed by atoms with Crippen molar-refractivity contribution >= 4 is 29.2 Å². The Morgan fingerprint density at radius 2 is 2.04 bits per heavy atom. The van der Waals surface area contributed by atoms with Gasteiger partial charge in [0.25, 0.3) is 0 Å². The lowest BCUT2D eigenvalue weighted by Crippen LogP contribution is -2.16. The standard InChI is InChI=1S/C16H18BrN2O3P/c1-19(23(20,21)22-2)11-9-16(14-4-3-10-18-12-14)13-5-7-15(17)8-6-13/h3-10,12H,11H2,1-2H3,(H,20,21). The molecule has 1 unspecified atom stereocenters. The van der Waals surface area contributed by atoms with Crippen molar-refractivity contribution in [2.24, 2.45) is 0 Å². The molecule has 2 rings (SSSR count). The molecule has 0 bridgehead atoms. The molecule has 0 saturated carbocycles. The number of likely N-dealkylation sites (N-methyl/N-ethyl adjacent to an activating group) is 1. The summed E-state index contributed by atoms with van der Waals surface area (Å²) in [6.07, 6.45) is 5.37. The minimum absolute atomic E-state index is 0.266. The van der Waals surface area contributed by atoms with E-state index >= 15 is 0 Å². The smallest absolute Gasteiger partial charge is 0.312 e. The van der Waals surface area contributed by atoms with Crippen molar-refractivity contribution in [2.75, 3.05) is 20.7 Å². The van der Waals surface area contributed by atoms with Crippen LogP contribution in [0, 0.1) is 0 Å². The van der Waals surface area contributed by atoms with Crippen LogP contribution >= 0.6 is 23.7 Å². The molecule has 1 aromatic heterocycles. The largest absolute Gasteiger partial charge is 0.405 e. The molecule has 2 aromatic rings. The summed E-state index contributed by atoms with van der Waals surface area (Å²) in [6, 6.07) is 11.7. The van der Waals surface area contributed by atoms with Crippen LogP contribution in [-0.4, -0.2) is 35.3 Å². The maximum absolute atomic E-state index is 11.8. The van der Waals surface area contributed by atoms with Crippen LogP contribution in [0.25, 0.3) is 5.57 Å². The van der Waals surface area contributed by atoms with Crippen LogP contribution in [0.4, 0.5) is 0 Å². The van der Waals surface area contributed by atoms with Gasteiger partial charge >= 0.3 is 7.75 Å². The Morgan fingerprint density at radius 3 is 2.61 bits per heavy atom.